The first-order valence-electron chi connectivity index (χ1n) is 9.86. The number of H-pyrrole nitrogens is 1. The van der Waals surface area contributed by atoms with Gasteiger partial charge in [0.05, 0.1) is 17.5 Å². The van der Waals surface area contributed by atoms with Gasteiger partial charge in [0.15, 0.2) is 11.5 Å². The molecule has 0 radical (unpaired) electrons. The van der Waals surface area contributed by atoms with Gasteiger partial charge in [-0.15, -0.1) is 0 Å². The summed E-state index contributed by atoms with van der Waals surface area (Å²) in [5, 5.41) is 3.26. The second-order valence-electron chi connectivity index (χ2n) is 6.99. The molecule has 3 heterocycles. The van der Waals surface area contributed by atoms with E-state index in [0.29, 0.717) is 47.9 Å². The van der Waals surface area contributed by atoms with E-state index in [1.54, 1.807) is 18.5 Å². The third-order valence-corrected chi connectivity index (χ3v) is 5.02. The molecule has 0 aliphatic rings. The molecule has 0 saturated carbocycles. The van der Waals surface area contributed by atoms with Crippen LogP contribution in [0.3, 0.4) is 0 Å². The Morgan fingerprint density at radius 1 is 1.03 bits per heavy atom. The van der Waals surface area contributed by atoms with Crippen molar-refractivity contribution < 1.29 is 4.39 Å². The van der Waals surface area contributed by atoms with Crippen LogP contribution >= 0.6 is 0 Å². The zero-order chi connectivity index (χ0) is 21.2. The normalized spacial score (nSPS) is 11.3. The van der Waals surface area contributed by atoms with Crippen LogP contribution in [0.2, 0.25) is 0 Å². The number of rotatable bonds is 6. The third kappa shape index (κ3) is 3.50. The van der Waals surface area contributed by atoms with Gasteiger partial charge in [-0.1, -0.05) is 24.3 Å². The summed E-state index contributed by atoms with van der Waals surface area (Å²) in [7, 11) is 0. The molecule has 2 aromatic carbocycles. The minimum atomic E-state index is -0.569. The fourth-order valence-electron chi connectivity index (χ4n) is 3.60. The Balaban J connectivity index is 1.45. The van der Waals surface area contributed by atoms with E-state index in [2.05, 4.69) is 30.2 Å². The minimum Gasteiger partial charge on any atom is -0.368 e. The summed E-state index contributed by atoms with van der Waals surface area (Å²) in [6.07, 6.45) is 4.22. The number of fused-ring (bicyclic) bond motifs is 2. The predicted molar refractivity (Wildman–Crippen MR) is 116 cm³/mol. The van der Waals surface area contributed by atoms with Crippen LogP contribution in [0.5, 0.6) is 0 Å². The number of para-hydroxylation sites is 1. The van der Waals surface area contributed by atoms with E-state index in [1.165, 1.54) is 17.0 Å². The van der Waals surface area contributed by atoms with Crippen molar-refractivity contribution in [1.82, 2.24) is 29.5 Å². The summed E-state index contributed by atoms with van der Waals surface area (Å²) in [5.74, 6) is 0.669. The lowest BCUT2D eigenvalue weighted by atomic mass is 10.2. The van der Waals surface area contributed by atoms with Gasteiger partial charge in [-0.2, -0.15) is 0 Å². The van der Waals surface area contributed by atoms with E-state index in [9.17, 15) is 9.18 Å². The van der Waals surface area contributed by atoms with Crippen molar-refractivity contribution in [3.05, 3.63) is 83.2 Å². The van der Waals surface area contributed by atoms with Crippen LogP contribution in [-0.2, 0) is 6.42 Å². The average molecular weight is 415 g/mol. The van der Waals surface area contributed by atoms with Crippen molar-refractivity contribution in [2.75, 3.05) is 11.9 Å². The fourth-order valence-corrected chi connectivity index (χ4v) is 3.60. The van der Waals surface area contributed by atoms with Gasteiger partial charge in [-0.05, 0) is 30.7 Å². The zero-order valence-electron chi connectivity index (χ0n) is 16.4. The van der Waals surface area contributed by atoms with Crippen molar-refractivity contribution in [3.63, 3.8) is 0 Å². The number of aryl methyl sites for hydroxylation is 1. The van der Waals surface area contributed by atoms with Crippen LogP contribution in [0.15, 0.2) is 66.0 Å². The van der Waals surface area contributed by atoms with Crippen LogP contribution in [0.4, 0.5) is 10.2 Å². The molecule has 0 bridgehead atoms. The molecule has 0 atom stereocenters. The molecule has 0 saturated heterocycles. The van der Waals surface area contributed by atoms with Crippen molar-refractivity contribution >= 4 is 27.9 Å². The van der Waals surface area contributed by atoms with Crippen molar-refractivity contribution in [1.29, 1.82) is 0 Å². The van der Waals surface area contributed by atoms with E-state index in [-0.39, 0.29) is 5.39 Å². The van der Waals surface area contributed by atoms with Gasteiger partial charge in [0, 0.05) is 13.0 Å². The smallest absolute Gasteiger partial charge is 0.268 e. The molecule has 0 fully saturated rings. The molecule has 0 amide bonds. The molecular formula is C22H18FN7O. The average Bonchev–Trinajstić information content (AvgIpc) is 3.27. The van der Waals surface area contributed by atoms with E-state index in [4.69, 9.17) is 0 Å². The van der Waals surface area contributed by atoms with Gasteiger partial charge in [-0.3, -0.25) is 9.36 Å². The molecule has 8 nitrogen and oxygen atoms in total. The van der Waals surface area contributed by atoms with Gasteiger partial charge in [0.25, 0.3) is 5.56 Å². The summed E-state index contributed by atoms with van der Waals surface area (Å²) < 4.78 is 15.9. The quantitative estimate of drug-likeness (QED) is 0.413. The van der Waals surface area contributed by atoms with Crippen LogP contribution in [-0.4, -0.2) is 36.0 Å². The summed E-state index contributed by atoms with van der Waals surface area (Å²) >= 11 is 0. The first-order valence-corrected chi connectivity index (χ1v) is 9.86. The van der Waals surface area contributed by atoms with Gasteiger partial charge in [-0.25, -0.2) is 24.3 Å². The summed E-state index contributed by atoms with van der Waals surface area (Å²) in [6, 6.07) is 13.7. The topological polar surface area (TPSA) is 101 Å². The standard InChI is InChI=1S/C22H18FN7O/c23-15-8-4-9-16-18(15)22(31)30(14-6-2-1-3-7-14)17(29-16)10-5-11-24-20-19-21(26-12-25-19)28-13-27-20/h1-4,6-9,12-13H,5,10-11H2,(H2,24,25,26,27,28). The summed E-state index contributed by atoms with van der Waals surface area (Å²) in [6.45, 7) is 0.594. The molecule has 0 aliphatic carbocycles. The number of hydrogen-bond donors (Lipinski definition) is 2. The molecule has 0 spiro atoms. The number of halogens is 1. The lowest BCUT2D eigenvalue weighted by molar-refractivity contribution is 0.636. The second kappa shape index (κ2) is 7.94. The van der Waals surface area contributed by atoms with E-state index < -0.39 is 11.4 Å². The number of aromatic amines is 1. The number of anilines is 1. The maximum atomic E-state index is 14.4. The highest BCUT2D eigenvalue weighted by molar-refractivity contribution is 5.82. The molecule has 5 rings (SSSR count). The SMILES string of the molecule is O=c1c2c(F)cccc2nc(CCCNc2ncnc3nc[nH]c23)n1-c1ccccc1. The Morgan fingerprint density at radius 3 is 2.77 bits per heavy atom. The first kappa shape index (κ1) is 18.9. The molecule has 3 aromatic heterocycles. The van der Waals surface area contributed by atoms with Crippen molar-refractivity contribution in [2.24, 2.45) is 0 Å². The van der Waals surface area contributed by atoms with Crippen LogP contribution in [0, 0.1) is 5.82 Å². The Morgan fingerprint density at radius 2 is 1.90 bits per heavy atom. The van der Waals surface area contributed by atoms with Gasteiger partial charge < -0.3 is 10.3 Å². The molecule has 2 N–H and O–H groups in total. The maximum Gasteiger partial charge on any atom is 0.268 e. The van der Waals surface area contributed by atoms with Crippen LogP contribution < -0.4 is 10.9 Å². The molecule has 0 unspecified atom stereocenters. The van der Waals surface area contributed by atoms with Gasteiger partial charge in [0.1, 0.15) is 28.9 Å². The number of imidazole rings is 1. The van der Waals surface area contributed by atoms with Gasteiger partial charge in [0.2, 0.25) is 0 Å². The maximum absolute atomic E-state index is 14.4. The summed E-state index contributed by atoms with van der Waals surface area (Å²) in [5.41, 5.74) is 1.93. The minimum absolute atomic E-state index is 0.00384. The van der Waals surface area contributed by atoms with Crippen LogP contribution in [0.1, 0.15) is 12.2 Å². The Kier molecular flexibility index (Phi) is 4.83. The molecule has 9 heteroatoms. The van der Waals surface area contributed by atoms with E-state index >= 15 is 0 Å². The van der Waals surface area contributed by atoms with Crippen molar-refractivity contribution in [2.45, 2.75) is 12.8 Å². The number of aromatic nitrogens is 6. The van der Waals surface area contributed by atoms with Crippen LogP contribution in [0.25, 0.3) is 27.8 Å². The highest BCUT2D eigenvalue weighted by atomic mass is 19.1. The number of hydrogen-bond acceptors (Lipinski definition) is 6. The predicted octanol–water partition coefficient (Wildman–Crippen LogP) is 3.24. The zero-order valence-corrected chi connectivity index (χ0v) is 16.4. The molecule has 154 valence electrons. The van der Waals surface area contributed by atoms with E-state index in [0.717, 1.165) is 5.52 Å². The number of nitrogens with one attached hydrogen (secondary N) is 2. The highest BCUT2D eigenvalue weighted by Crippen LogP contribution is 2.17. The monoisotopic (exact) mass is 415 g/mol. The third-order valence-electron chi connectivity index (χ3n) is 5.02. The molecular weight excluding hydrogens is 397 g/mol. The van der Waals surface area contributed by atoms with Gasteiger partial charge >= 0.3 is 0 Å². The Hall–Kier alpha value is -4.14. The molecule has 0 aliphatic heterocycles. The first-order chi connectivity index (χ1) is 15.2. The lowest BCUT2D eigenvalue weighted by Crippen LogP contribution is -2.25. The van der Waals surface area contributed by atoms with Crippen molar-refractivity contribution in [3.8, 4) is 5.69 Å². The number of benzene rings is 2. The fraction of sp³-hybridized carbons (Fsp3) is 0.136. The largest absolute Gasteiger partial charge is 0.368 e. The second-order valence-corrected chi connectivity index (χ2v) is 6.99. The highest BCUT2D eigenvalue weighted by Gasteiger charge is 2.15. The Bertz CT molecular complexity index is 1430. The Labute approximate surface area is 175 Å². The summed E-state index contributed by atoms with van der Waals surface area (Å²) in [4.78, 5) is 33.3. The number of nitrogens with zero attached hydrogens (tertiary/aromatic N) is 5. The lowest BCUT2D eigenvalue weighted by Gasteiger charge is -2.14. The molecule has 5 aromatic rings. The molecule has 31 heavy (non-hydrogen) atoms. The van der Waals surface area contributed by atoms with E-state index in [1.807, 2.05) is 30.3 Å².